The lowest BCUT2D eigenvalue weighted by molar-refractivity contribution is -0.131. The monoisotopic (exact) mass is 401 g/mol. The quantitative estimate of drug-likeness (QED) is 0.774. The number of nitrogens with zero attached hydrogens (tertiary/aromatic N) is 3. The van der Waals surface area contributed by atoms with Crippen LogP contribution in [-0.2, 0) is 11.3 Å². The predicted octanol–water partition coefficient (Wildman–Crippen LogP) is 2.77. The fourth-order valence-corrected chi connectivity index (χ4v) is 3.40. The molecule has 7 heteroatoms. The van der Waals surface area contributed by atoms with Gasteiger partial charge in [-0.2, -0.15) is 0 Å². The standard InChI is InChI=1S/C22H25F2N3O2/c1-25(15-17-6-8-19(23)9-7-17)21(28)16-26-10-3-11-27(13-12-26)22(29)18-4-2-5-20(24)14-18/h2,4-9,14H,3,10-13,15-16H2,1H3. The Morgan fingerprint density at radius 2 is 1.72 bits per heavy atom. The number of carbonyl (C=O) groups is 2. The summed E-state index contributed by atoms with van der Waals surface area (Å²) in [4.78, 5) is 30.5. The van der Waals surface area contributed by atoms with Gasteiger partial charge in [0.05, 0.1) is 6.54 Å². The molecule has 5 nitrogen and oxygen atoms in total. The molecule has 2 amide bonds. The summed E-state index contributed by atoms with van der Waals surface area (Å²) >= 11 is 0. The molecule has 1 aliphatic heterocycles. The Labute approximate surface area is 169 Å². The van der Waals surface area contributed by atoms with Gasteiger partial charge in [-0.15, -0.1) is 0 Å². The number of hydrogen-bond acceptors (Lipinski definition) is 3. The third-order valence-corrected chi connectivity index (χ3v) is 5.06. The van der Waals surface area contributed by atoms with Gasteiger partial charge in [0.1, 0.15) is 11.6 Å². The highest BCUT2D eigenvalue weighted by Gasteiger charge is 2.22. The molecule has 0 spiro atoms. The summed E-state index contributed by atoms with van der Waals surface area (Å²) in [6.07, 6.45) is 0.746. The highest BCUT2D eigenvalue weighted by atomic mass is 19.1. The van der Waals surface area contributed by atoms with E-state index in [0.717, 1.165) is 12.0 Å². The highest BCUT2D eigenvalue weighted by molar-refractivity contribution is 5.94. The van der Waals surface area contributed by atoms with Crippen LogP contribution in [0.15, 0.2) is 48.5 Å². The summed E-state index contributed by atoms with van der Waals surface area (Å²) in [6, 6.07) is 11.8. The highest BCUT2D eigenvalue weighted by Crippen LogP contribution is 2.12. The molecule has 3 rings (SSSR count). The van der Waals surface area contributed by atoms with Crippen molar-refractivity contribution in [2.45, 2.75) is 13.0 Å². The molecule has 1 heterocycles. The molecule has 2 aromatic carbocycles. The van der Waals surface area contributed by atoms with E-state index in [4.69, 9.17) is 0 Å². The first-order chi connectivity index (χ1) is 13.9. The largest absolute Gasteiger partial charge is 0.340 e. The molecule has 0 aliphatic carbocycles. The van der Waals surface area contributed by atoms with Crippen molar-refractivity contribution in [2.24, 2.45) is 0 Å². The number of rotatable bonds is 5. The van der Waals surface area contributed by atoms with Crippen molar-refractivity contribution in [2.75, 3.05) is 39.8 Å². The van der Waals surface area contributed by atoms with Gasteiger partial charge < -0.3 is 9.80 Å². The molecule has 1 fully saturated rings. The average Bonchev–Trinajstić information content (AvgIpc) is 2.94. The SMILES string of the molecule is CN(Cc1ccc(F)cc1)C(=O)CN1CCCN(C(=O)c2cccc(F)c2)CC1. The van der Waals surface area contributed by atoms with E-state index in [1.165, 1.54) is 30.3 Å². The lowest BCUT2D eigenvalue weighted by atomic mass is 10.2. The maximum Gasteiger partial charge on any atom is 0.254 e. The van der Waals surface area contributed by atoms with Crippen molar-refractivity contribution < 1.29 is 18.4 Å². The van der Waals surface area contributed by atoms with E-state index >= 15 is 0 Å². The van der Waals surface area contributed by atoms with Crippen LogP contribution in [0.5, 0.6) is 0 Å². The lowest BCUT2D eigenvalue weighted by Gasteiger charge is -2.24. The molecule has 0 atom stereocenters. The van der Waals surface area contributed by atoms with Crippen LogP contribution in [0.4, 0.5) is 8.78 Å². The lowest BCUT2D eigenvalue weighted by Crippen LogP contribution is -2.40. The minimum Gasteiger partial charge on any atom is -0.340 e. The van der Waals surface area contributed by atoms with Gasteiger partial charge in [-0.3, -0.25) is 14.5 Å². The van der Waals surface area contributed by atoms with Crippen molar-refractivity contribution in [1.82, 2.24) is 14.7 Å². The molecular weight excluding hydrogens is 376 g/mol. The number of likely N-dealkylation sites (N-methyl/N-ethyl adjacent to an activating group) is 1. The van der Waals surface area contributed by atoms with Gasteiger partial charge in [-0.1, -0.05) is 18.2 Å². The molecule has 2 aromatic rings. The molecule has 0 saturated carbocycles. The second kappa shape index (κ2) is 9.60. The summed E-state index contributed by atoms with van der Waals surface area (Å²) in [5, 5.41) is 0. The Hall–Kier alpha value is -2.80. The Morgan fingerprint density at radius 1 is 0.966 bits per heavy atom. The summed E-state index contributed by atoms with van der Waals surface area (Å²) in [5.41, 5.74) is 1.21. The minimum absolute atomic E-state index is 0.0285. The summed E-state index contributed by atoms with van der Waals surface area (Å²) < 4.78 is 26.4. The normalized spacial score (nSPS) is 15.1. The zero-order valence-corrected chi connectivity index (χ0v) is 16.5. The molecule has 154 valence electrons. The molecule has 0 bridgehead atoms. The van der Waals surface area contributed by atoms with Gasteiger partial charge in [-0.25, -0.2) is 8.78 Å². The van der Waals surface area contributed by atoms with E-state index in [1.54, 1.807) is 35.0 Å². The van der Waals surface area contributed by atoms with E-state index in [9.17, 15) is 18.4 Å². The molecule has 1 aliphatic rings. The Kier molecular flexibility index (Phi) is 6.93. The molecule has 0 unspecified atom stereocenters. The van der Waals surface area contributed by atoms with Crippen molar-refractivity contribution in [3.05, 3.63) is 71.3 Å². The fraction of sp³-hybridized carbons (Fsp3) is 0.364. The fourth-order valence-electron chi connectivity index (χ4n) is 3.40. The van der Waals surface area contributed by atoms with Crippen molar-refractivity contribution in [3.63, 3.8) is 0 Å². The van der Waals surface area contributed by atoms with E-state index in [1.807, 2.05) is 4.90 Å². The van der Waals surface area contributed by atoms with Crippen molar-refractivity contribution >= 4 is 11.8 Å². The third-order valence-electron chi connectivity index (χ3n) is 5.06. The Balaban J connectivity index is 1.51. The molecule has 0 radical (unpaired) electrons. The van der Waals surface area contributed by atoms with Crippen LogP contribution < -0.4 is 0 Å². The van der Waals surface area contributed by atoms with E-state index < -0.39 is 5.82 Å². The second-order valence-corrected chi connectivity index (χ2v) is 7.31. The molecule has 0 aromatic heterocycles. The molecule has 29 heavy (non-hydrogen) atoms. The summed E-state index contributed by atoms with van der Waals surface area (Å²) in [7, 11) is 1.73. The number of hydrogen-bond donors (Lipinski definition) is 0. The van der Waals surface area contributed by atoms with E-state index in [0.29, 0.717) is 38.3 Å². The van der Waals surface area contributed by atoms with Crippen molar-refractivity contribution in [1.29, 1.82) is 0 Å². The van der Waals surface area contributed by atoms with Crippen LogP contribution in [0.25, 0.3) is 0 Å². The predicted molar refractivity (Wildman–Crippen MR) is 106 cm³/mol. The van der Waals surface area contributed by atoms with Gasteiger partial charge in [0, 0.05) is 45.3 Å². The van der Waals surface area contributed by atoms with E-state index in [-0.39, 0.29) is 24.2 Å². The second-order valence-electron chi connectivity index (χ2n) is 7.31. The van der Waals surface area contributed by atoms with Crippen LogP contribution in [0.1, 0.15) is 22.3 Å². The van der Waals surface area contributed by atoms with Gasteiger partial charge >= 0.3 is 0 Å². The zero-order chi connectivity index (χ0) is 20.8. The van der Waals surface area contributed by atoms with E-state index in [2.05, 4.69) is 0 Å². The van der Waals surface area contributed by atoms with Crippen LogP contribution in [0.2, 0.25) is 0 Å². The van der Waals surface area contributed by atoms with Gasteiger partial charge in [0.15, 0.2) is 0 Å². The molecular formula is C22H25F2N3O2. The molecule has 0 N–H and O–H groups in total. The van der Waals surface area contributed by atoms with Crippen LogP contribution >= 0.6 is 0 Å². The third kappa shape index (κ3) is 5.84. The first kappa shape index (κ1) is 20.9. The summed E-state index contributed by atoms with van der Waals surface area (Å²) in [5.74, 6) is -0.947. The van der Waals surface area contributed by atoms with Gasteiger partial charge in [-0.05, 0) is 42.3 Å². The first-order valence-corrected chi connectivity index (χ1v) is 9.68. The van der Waals surface area contributed by atoms with Crippen molar-refractivity contribution in [3.8, 4) is 0 Å². The maximum absolute atomic E-state index is 13.4. The number of amides is 2. The van der Waals surface area contributed by atoms with Crippen LogP contribution in [-0.4, -0.2) is 66.3 Å². The zero-order valence-electron chi connectivity index (χ0n) is 16.5. The number of carbonyl (C=O) groups excluding carboxylic acids is 2. The number of halogens is 2. The number of benzene rings is 2. The first-order valence-electron chi connectivity index (χ1n) is 9.68. The van der Waals surface area contributed by atoms with Crippen LogP contribution in [0.3, 0.4) is 0 Å². The topological polar surface area (TPSA) is 43.9 Å². The Morgan fingerprint density at radius 3 is 2.45 bits per heavy atom. The smallest absolute Gasteiger partial charge is 0.254 e. The maximum atomic E-state index is 13.4. The minimum atomic E-state index is -0.429. The van der Waals surface area contributed by atoms with Gasteiger partial charge in [0.2, 0.25) is 5.91 Å². The Bertz CT molecular complexity index is 857. The van der Waals surface area contributed by atoms with Gasteiger partial charge in [0.25, 0.3) is 5.91 Å². The summed E-state index contributed by atoms with van der Waals surface area (Å²) in [6.45, 7) is 3.03. The average molecular weight is 401 g/mol. The molecule has 1 saturated heterocycles. The van der Waals surface area contributed by atoms with Crippen LogP contribution in [0, 0.1) is 11.6 Å².